The zero-order valence-corrected chi connectivity index (χ0v) is 13.7. The molecule has 0 aliphatic carbocycles. The SMILES string of the molecule is CCCNCc1cc(F)ccc1Sc1ccc(C)c(C)c1. The Kier molecular flexibility index (Phi) is 5.83. The molecule has 1 nitrogen and oxygen atoms in total. The summed E-state index contributed by atoms with van der Waals surface area (Å²) in [7, 11) is 0. The van der Waals surface area contributed by atoms with Gasteiger partial charge in [-0.25, -0.2) is 4.39 Å². The molecule has 0 fully saturated rings. The summed E-state index contributed by atoms with van der Waals surface area (Å²) in [6.45, 7) is 8.02. The first-order valence-corrected chi connectivity index (χ1v) is 8.16. The minimum absolute atomic E-state index is 0.173. The van der Waals surface area contributed by atoms with Gasteiger partial charge in [0.15, 0.2) is 0 Å². The molecule has 2 rings (SSSR count). The van der Waals surface area contributed by atoms with Gasteiger partial charge in [-0.15, -0.1) is 0 Å². The van der Waals surface area contributed by atoms with Crippen molar-refractivity contribution >= 4 is 11.8 Å². The second kappa shape index (κ2) is 7.62. The largest absolute Gasteiger partial charge is 0.313 e. The molecule has 0 heterocycles. The zero-order valence-electron chi connectivity index (χ0n) is 12.9. The number of hydrogen-bond acceptors (Lipinski definition) is 2. The summed E-state index contributed by atoms with van der Waals surface area (Å²) in [4.78, 5) is 2.31. The number of aryl methyl sites for hydroxylation is 2. The molecule has 21 heavy (non-hydrogen) atoms. The molecule has 0 aliphatic heterocycles. The predicted octanol–water partition coefficient (Wildman–Crippen LogP) is 5.09. The fourth-order valence-corrected chi connectivity index (χ4v) is 3.11. The second-order valence-electron chi connectivity index (χ2n) is 5.28. The lowest BCUT2D eigenvalue weighted by Gasteiger charge is -2.11. The third kappa shape index (κ3) is 4.58. The molecule has 2 aromatic rings. The van der Waals surface area contributed by atoms with Gasteiger partial charge in [0.05, 0.1) is 0 Å². The molecule has 0 aliphatic rings. The number of nitrogens with one attached hydrogen (secondary N) is 1. The highest BCUT2D eigenvalue weighted by Crippen LogP contribution is 2.32. The van der Waals surface area contributed by atoms with E-state index in [1.54, 1.807) is 17.8 Å². The maximum Gasteiger partial charge on any atom is 0.123 e. The maximum absolute atomic E-state index is 13.5. The van der Waals surface area contributed by atoms with Gasteiger partial charge < -0.3 is 5.32 Å². The van der Waals surface area contributed by atoms with Gasteiger partial charge in [-0.1, -0.05) is 24.8 Å². The van der Waals surface area contributed by atoms with Crippen molar-refractivity contribution < 1.29 is 4.39 Å². The van der Waals surface area contributed by atoms with Crippen LogP contribution in [0.3, 0.4) is 0 Å². The molecule has 0 aromatic heterocycles. The van der Waals surface area contributed by atoms with Gasteiger partial charge in [0, 0.05) is 16.3 Å². The molecule has 0 saturated heterocycles. The Hall–Kier alpha value is -1.32. The van der Waals surface area contributed by atoms with E-state index in [0.29, 0.717) is 6.54 Å². The molecule has 0 spiro atoms. The maximum atomic E-state index is 13.5. The summed E-state index contributed by atoms with van der Waals surface area (Å²) in [5.41, 5.74) is 3.60. The van der Waals surface area contributed by atoms with Crippen LogP contribution in [0.15, 0.2) is 46.2 Å². The summed E-state index contributed by atoms with van der Waals surface area (Å²) < 4.78 is 13.5. The molecule has 0 unspecified atom stereocenters. The van der Waals surface area contributed by atoms with Crippen LogP contribution < -0.4 is 5.32 Å². The Morgan fingerprint density at radius 1 is 1.05 bits per heavy atom. The summed E-state index contributed by atoms with van der Waals surface area (Å²) >= 11 is 1.70. The summed E-state index contributed by atoms with van der Waals surface area (Å²) in [5, 5.41) is 3.35. The van der Waals surface area contributed by atoms with Crippen LogP contribution in [0.5, 0.6) is 0 Å². The van der Waals surface area contributed by atoms with E-state index < -0.39 is 0 Å². The normalized spacial score (nSPS) is 10.9. The Labute approximate surface area is 131 Å². The van der Waals surface area contributed by atoms with Crippen LogP contribution in [-0.2, 0) is 6.54 Å². The molecular formula is C18H22FNS. The van der Waals surface area contributed by atoms with Crippen LogP contribution >= 0.6 is 11.8 Å². The van der Waals surface area contributed by atoms with E-state index in [-0.39, 0.29) is 5.82 Å². The Bertz CT molecular complexity index is 610. The average molecular weight is 303 g/mol. The Morgan fingerprint density at radius 3 is 2.57 bits per heavy atom. The first-order valence-electron chi connectivity index (χ1n) is 7.34. The summed E-state index contributed by atoms with van der Waals surface area (Å²) in [6.07, 6.45) is 1.08. The lowest BCUT2D eigenvalue weighted by Crippen LogP contribution is -2.14. The lowest BCUT2D eigenvalue weighted by atomic mass is 10.1. The number of halogens is 1. The molecule has 112 valence electrons. The van der Waals surface area contributed by atoms with Crippen LogP contribution in [0.2, 0.25) is 0 Å². The van der Waals surface area contributed by atoms with Crippen molar-refractivity contribution in [2.75, 3.05) is 6.54 Å². The van der Waals surface area contributed by atoms with Crippen LogP contribution in [0.1, 0.15) is 30.0 Å². The second-order valence-corrected chi connectivity index (χ2v) is 6.39. The molecule has 0 amide bonds. The van der Waals surface area contributed by atoms with E-state index in [9.17, 15) is 4.39 Å². The van der Waals surface area contributed by atoms with Crippen molar-refractivity contribution in [1.82, 2.24) is 5.32 Å². The topological polar surface area (TPSA) is 12.0 Å². The highest BCUT2D eigenvalue weighted by Gasteiger charge is 2.07. The highest BCUT2D eigenvalue weighted by molar-refractivity contribution is 7.99. The smallest absolute Gasteiger partial charge is 0.123 e. The van der Waals surface area contributed by atoms with Crippen molar-refractivity contribution in [2.45, 2.75) is 43.5 Å². The van der Waals surface area contributed by atoms with Gasteiger partial charge in [0.2, 0.25) is 0 Å². The highest BCUT2D eigenvalue weighted by atomic mass is 32.2. The molecule has 0 radical (unpaired) electrons. The van der Waals surface area contributed by atoms with Gasteiger partial charge in [0.25, 0.3) is 0 Å². The number of benzene rings is 2. The first-order chi connectivity index (χ1) is 10.1. The molecule has 2 aromatic carbocycles. The molecular weight excluding hydrogens is 281 g/mol. The van der Waals surface area contributed by atoms with Gasteiger partial charge in [-0.2, -0.15) is 0 Å². The van der Waals surface area contributed by atoms with Crippen molar-refractivity contribution in [2.24, 2.45) is 0 Å². The van der Waals surface area contributed by atoms with E-state index in [1.807, 2.05) is 6.07 Å². The minimum atomic E-state index is -0.173. The van der Waals surface area contributed by atoms with Crippen molar-refractivity contribution in [3.05, 3.63) is 58.9 Å². The quantitative estimate of drug-likeness (QED) is 0.746. The van der Waals surface area contributed by atoms with E-state index in [4.69, 9.17) is 0 Å². The number of hydrogen-bond donors (Lipinski definition) is 1. The van der Waals surface area contributed by atoms with E-state index in [0.717, 1.165) is 23.4 Å². The molecule has 1 N–H and O–H groups in total. The van der Waals surface area contributed by atoms with Crippen LogP contribution in [0.25, 0.3) is 0 Å². The predicted molar refractivity (Wildman–Crippen MR) is 88.4 cm³/mol. The molecule has 0 bridgehead atoms. The standard InChI is InChI=1S/C18H22FNS/c1-4-9-20-12-15-11-16(19)6-8-18(15)21-17-7-5-13(2)14(3)10-17/h5-8,10-11,20H,4,9,12H2,1-3H3. The van der Waals surface area contributed by atoms with Gasteiger partial charge in [0.1, 0.15) is 5.82 Å². The van der Waals surface area contributed by atoms with Gasteiger partial charge in [-0.3, -0.25) is 0 Å². The monoisotopic (exact) mass is 303 g/mol. The molecule has 3 heteroatoms. The van der Waals surface area contributed by atoms with Gasteiger partial charge >= 0.3 is 0 Å². The fraction of sp³-hybridized carbons (Fsp3) is 0.333. The van der Waals surface area contributed by atoms with Crippen LogP contribution in [0.4, 0.5) is 4.39 Å². The Balaban J connectivity index is 2.19. The Morgan fingerprint density at radius 2 is 1.86 bits per heavy atom. The first kappa shape index (κ1) is 16.1. The van der Waals surface area contributed by atoms with Crippen LogP contribution in [-0.4, -0.2) is 6.54 Å². The summed E-state index contributed by atoms with van der Waals surface area (Å²) in [6, 6.07) is 11.5. The van der Waals surface area contributed by atoms with E-state index in [2.05, 4.69) is 44.3 Å². The minimum Gasteiger partial charge on any atom is -0.313 e. The molecule has 0 atom stereocenters. The third-order valence-electron chi connectivity index (χ3n) is 3.47. The molecule has 0 saturated carbocycles. The lowest BCUT2D eigenvalue weighted by molar-refractivity contribution is 0.615. The van der Waals surface area contributed by atoms with E-state index in [1.165, 1.54) is 22.1 Å². The van der Waals surface area contributed by atoms with Gasteiger partial charge in [-0.05, 0) is 73.8 Å². The van der Waals surface area contributed by atoms with E-state index >= 15 is 0 Å². The zero-order chi connectivity index (χ0) is 15.2. The average Bonchev–Trinajstić information content (AvgIpc) is 2.46. The third-order valence-corrected chi connectivity index (χ3v) is 4.58. The summed E-state index contributed by atoms with van der Waals surface area (Å²) in [5.74, 6) is -0.173. The van der Waals surface area contributed by atoms with Crippen molar-refractivity contribution in [1.29, 1.82) is 0 Å². The van der Waals surface area contributed by atoms with Crippen molar-refractivity contribution in [3.63, 3.8) is 0 Å². The van der Waals surface area contributed by atoms with Crippen molar-refractivity contribution in [3.8, 4) is 0 Å². The van der Waals surface area contributed by atoms with Crippen LogP contribution in [0, 0.1) is 19.7 Å². The number of rotatable bonds is 6. The fourth-order valence-electron chi connectivity index (χ4n) is 2.09.